The third-order valence-electron chi connectivity index (χ3n) is 3.51. The van der Waals surface area contributed by atoms with E-state index in [2.05, 4.69) is 42.0 Å². The Bertz CT molecular complexity index is 698. The molecule has 0 saturated heterocycles. The van der Waals surface area contributed by atoms with Crippen LogP contribution in [-0.4, -0.2) is 12.6 Å². The second-order valence-corrected chi connectivity index (χ2v) is 7.80. The summed E-state index contributed by atoms with van der Waals surface area (Å²) in [5.74, 6) is 1.43. The molecule has 0 aliphatic rings. The van der Waals surface area contributed by atoms with E-state index in [4.69, 9.17) is 21.1 Å². The first-order valence-electron chi connectivity index (χ1n) is 7.78. The van der Waals surface area contributed by atoms with Gasteiger partial charge in [0.05, 0.1) is 7.11 Å². The van der Waals surface area contributed by atoms with E-state index in [1.54, 1.807) is 7.11 Å². The summed E-state index contributed by atoms with van der Waals surface area (Å²) in [5.41, 5.74) is 1.97. The Morgan fingerprint density at radius 2 is 1.83 bits per heavy atom. The van der Waals surface area contributed by atoms with Gasteiger partial charge in [0.25, 0.3) is 0 Å². The van der Waals surface area contributed by atoms with E-state index in [9.17, 15) is 0 Å². The summed E-state index contributed by atoms with van der Waals surface area (Å²) in [6, 6.07) is 11.5. The van der Waals surface area contributed by atoms with Crippen molar-refractivity contribution >= 4 is 27.5 Å². The second kappa shape index (κ2) is 8.24. The van der Waals surface area contributed by atoms with Gasteiger partial charge in [-0.25, -0.2) is 0 Å². The topological polar surface area (TPSA) is 30.5 Å². The number of nitrogens with one attached hydrogen (secondary N) is 1. The largest absolute Gasteiger partial charge is 0.493 e. The highest BCUT2D eigenvalue weighted by atomic mass is 79.9. The van der Waals surface area contributed by atoms with E-state index in [0.717, 1.165) is 21.3 Å². The zero-order valence-electron chi connectivity index (χ0n) is 14.5. The maximum atomic E-state index is 6.22. The molecule has 0 fully saturated rings. The fourth-order valence-corrected chi connectivity index (χ4v) is 2.83. The fraction of sp³-hybridized carbons (Fsp3) is 0.368. The van der Waals surface area contributed by atoms with Gasteiger partial charge in [0.15, 0.2) is 11.5 Å². The third kappa shape index (κ3) is 5.13. The normalized spacial score (nSPS) is 11.4. The van der Waals surface area contributed by atoms with Crippen molar-refractivity contribution in [2.75, 3.05) is 7.11 Å². The predicted octanol–water partition coefficient (Wildman–Crippen LogP) is 5.58. The highest BCUT2D eigenvalue weighted by molar-refractivity contribution is 9.10. The predicted molar refractivity (Wildman–Crippen MR) is 103 cm³/mol. The Hall–Kier alpha value is -1.23. The van der Waals surface area contributed by atoms with Crippen molar-refractivity contribution in [3.63, 3.8) is 0 Å². The van der Waals surface area contributed by atoms with Gasteiger partial charge >= 0.3 is 0 Å². The molecule has 0 unspecified atom stereocenters. The molecule has 0 aromatic heterocycles. The van der Waals surface area contributed by atoms with Crippen molar-refractivity contribution in [1.82, 2.24) is 5.32 Å². The van der Waals surface area contributed by atoms with Crippen LogP contribution in [0, 0.1) is 0 Å². The van der Waals surface area contributed by atoms with Gasteiger partial charge in [-0.15, -0.1) is 0 Å². The van der Waals surface area contributed by atoms with Crippen LogP contribution in [0.1, 0.15) is 31.9 Å². The fourth-order valence-electron chi connectivity index (χ4n) is 2.18. The Morgan fingerprint density at radius 1 is 1.12 bits per heavy atom. The van der Waals surface area contributed by atoms with Gasteiger partial charge in [-0.1, -0.05) is 45.7 Å². The van der Waals surface area contributed by atoms with Gasteiger partial charge in [0.2, 0.25) is 0 Å². The molecular weight excluding hydrogens is 390 g/mol. The average Bonchev–Trinajstić information content (AvgIpc) is 2.52. The molecule has 0 saturated carbocycles. The van der Waals surface area contributed by atoms with Crippen molar-refractivity contribution in [3.05, 3.63) is 57.0 Å². The zero-order valence-corrected chi connectivity index (χ0v) is 16.8. The van der Waals surface area contributed by atoms with Gasteiger partial charge in [-0.05, 0) is 39.0 Å². The highest BCUT2D eigenvalue weighted by Crippen LogP contribution is 2.37. The lowest BCUT2D eigenvalue weighted by atomic mass is 10.1. The number of benzene rings is 2. The Kier molecular flexibility index (Phi) is 6.55. The van der Waals surface area contributed by atoms with Crippen molar-refractivity contribution < 1.29 is 9.47 Å². The first-order valence-corrected chi connectivity index (χ1v) is 8.95. The lowest BCUT2D eigenvalue weighted by Crippen LogP contribution is -2.35. The summed E-state index contributed by atoms with van der Waals surface area (Å²) in [6.45, 7) is 7.44. The van der Waals surface area contributed by atoms with Crippen LogP contribution in [0.4, 0.5) is 0 Å². The maximum Gasteiger partial charge on any atom is 0.167 e. The van der Waals surface area contributed by atoms with E-state index in [1.165, 1.54) is 0 Å². The van der Waals surface area contributed by atoms with Gasteiger partial charge in [0, 0.05) is 32.7 Å². The minimum Gasteiger partial charge on any atom is -0.493 e. The van der Waals surface area contributed by atoms with E-state index in [-0.39, 0.29) is 5.54 Å². The van der Waals surface area contributed by atoms with Crippen molar-refractivity contribution in [3.8, 4) is 11.5 Å². The van der Waals surface area contributed by atoms with Crippen molar-refractivity contribution in [1.29, 1.82) is 0 Å². The van der Waals surface area contributed by atoms with Crippen LogP contribution in [-0.2, 0) is 13.2 Å². The van der Waals surface area contributed by atoms with E-state index in [1.807, 2.05) is 36.4 Å². The molecule has 2 aromatic carbocycles. The summed E-state index contributed by atoms with van der Waals surface area (Å²) < 4.78 is 12.6. The zero-order chi connectivity index (χ0) is 17.7. The SMILES string of the molecule is COc1ccc(Br)c(CNC(C)(C)C)c1OCc1ccccc1Cl. The van der Waals surface area contributed by atoms with Gasteiger partial charge in [0.1, 0.15) is 6.61 Å². The van der Waals surface area contributed by atoms with Crippen molar-refractivity contribution in [2.45, 2.75) is 39.5 Å². The van der Waals surface area contributed by atoms with Gasteiger partial charge in [-0.2, -0.15) is 0 Å². The van der Waals surface area contributed by atoms with Crippen LogP contribution in [0.15, 0.2) is 40.9 Å². The summed E-state index contributed by atoms with van der Waals surface area (Å²) >= 11 is 9.84. The standard InChI is InChI=1S/C19H23BrClNO2/c1-19(2,3)22-11-14-15(20)9-10-17(23-4)18(14)24-12-13-7-5-6-8-16(13)21/h5-10,22H,11-12H2,1-4H3. The Morgan fingerprint density at radius 3 is 2.46 bits per heavy atom. The van der Waals surface area contributed by atoms with Crippen LogP contribution >= 0.6 is 27.5 Å². The van der Waals surface area contributed by atoms with Crippen molar-refractivity contribution in [2.24, 2.45) is 0 Å². The molecule has 0 aliphatic carbocycles. The van der Waals surface area contributed by atoms with Crippen LogP contribution < -0.4 is 14.8 Å². The Labute approximate surface area is 157 Å². The quantitative estimate of drug-likeness (QED) is 0.672. The minimum atomic E-state index is 0.00250. The number of hydrogen-bond donors (Lipinski definition) is 1. The summed E-state index contributed by atoms with van der Waals surface area (Å²) in [7, 11) is 1.65. The number of halogens is 2. The monoisotopic (exact) mass is 411 g/mol. The van der Waals surface area contributed by atoms with Gasteiger partial charge in [-0.3, -0.25) is 0 Å². The average molecular weight is 413 g/mol. The molecule has 3 nitrogen and oxygen atoms in total. The third-order valence-corrected chi connectivity index (χ3v) is 4.62. The van der Waals surface area contributed by atoms with E-state index in [0.29, 0.717) is 23.9 Å². The number of ether oxygens (including phenoxy) is 2. The van der Waals surface area contributed by atoms with E-state index < -0.39 is 0 Å². The molecule has 0 bridgehead atoms. The molecule has 1 N–H and O–H groups in total. The number of hydrogen-bond acceptors (Lipinski definition) is 3. The van der Waals surface area contributed by atoms with Crippen LogP contribution in [0.25, 0.3) is 0 Å². The molecule has 0 radical (unpaired) electrons. The lowest BCUT2D eigenvalue weighted by Gasteiger charge is -2.23. The molecule has 5 heteroatoms. The summed E-state index contributed by atoms with van der Waals surface area (Å²) in [4.78, 5) is 0. The molecule has 0 spiro atoms. The first-order chi connectivity index (χ1) is 11.3. The Balaban J connectivity index is 2.28. The number of rotatable bonds is 6. The molecule has 24 heavy (non-hydrogen) atoms. The molecule has 2 aromatic rings. The molecule has 0 atom stereocenters. The second-order valence-electron chi connectivity index (χ2n) is 6.54. The van der Waals surface area contributed by atoms with Crippen LogP contribution in [0.2, 0.25) is 5.02 Å². The molecule has 0 heterocycles. The minimum absolute atomic E-state index is 0.00250. The smallest absolute Gasteiger partial charge is 0.167 e. The summed E-state index contributed by atoms with van der Waals surface area (Å²) in [5, 5.41) is 4.18. The molecule has 0 aliphatic heterocycles. The molecule has 0 amide bonds. The summed E-state index contributed by atoms with van der Waals surface area (Å²) in [6.07, 6.45) is 0. The maximum absolute atomic E-state index is 6.22. The van der Waals surface area contributed by atoms with Crippen LogP contribution in [0.3, 0.4) is 0 Å². The molecular formula is C19H23BrClNO2. The van der Waals surface area contributed by atoms with E-state index >= 15 is 0 Å². The number of methoxy groups -OCH3 is 1. The molecule has 130 valence electrons. The lowest BCUT2D eigenvalue weighted by molar-refractivity contribution is 0.279. The van der Waals surface area contributed by atoms with Crippen LogP contribution in [0.5, 0.6) is 11.5 Å². The molecule has 2 rings (SSSR count). The highest BCUT2D eigenvalue weighted by Gasteiger charge is 2.17. The van der Waals surface area contributed by atoms with Gasteiger partial charge < -0.3 is 14.8 Å². The first kappa shape index (κ1) is 19.1.